The maximum atomic E-state index is 5.99. The summed E-state index contributed by atoms with van der Waals surface area (Å²) in [6.07, 6.45) is 7.49. The first-order valence-electron chi connectivity index (χ1n) is 4.70. The van der Waals surface area contributed by atoms with Crippen molar-refractivity contribution in [3.63, 3.8) is 0 Å². The predicted molar refractivity (Wildman–Crippen MR) is 62.0 cm³/mol. The minimum atomic E-state index is 0.695. The number of aromatic nitrogens is 2. The van der Waals surface area contributed by atoms with Crippen LogP contribution in [-0.2, 0) is 13.6 Å². The molecule has 2 heterocycles. The summed E-state index contributed by atoms with van der Waals surface area (Å²) in [5, 5.41) is 3.93. The first kappa shape index (κ1) is 10.1. The van der Waals surface area contributed by atoms with E-state index in [1.165, 1.54) is 5.56 Å². The lowest BCUT2D eigenvalue weighted by atomic mass is 10.3. The van der Waals surface area contributed by atoms with Crippen molar-refractivity contribution in [1.29, 1.82) is 0 Å². The van der Waals surface area contributed by atoms with Gasteiger partial charge in [0.1, 0.15) is 0 Å². The van der Waals surface area contributed by atoms with E-state index in [4.69, 9.17) is 11.6 Å². The Bertz CT molecular complexity index is 451. The molecule has 0 aliphatic rings. The quantitative estimate of drug-likeness (QED) is 0.864. The van der Waals surface area contributed by atoms with Crippen LogP contribution in [-0.4, -0.2) is 9.55 Å². The molecule has 0 aliphatic heterocycles. The number of hydrogen-bond acceptors (Lipinski definition) is 2. The molecule has 0 bridgehead atoms. The van der Waals surface area contributed by atoms with Gasteiger partial charge in [0.15, 0.2) is 0 Å². The van der Waals surface area contributed by atoms with E-state index in [2.05, 4.69) is 22.6 Å². The van der Waals surface area contributed by atoms with Crippen molar-refractivity contribution in [2.75, 3.05) is 5.32 Å². The molecule has 3 nitrogen and oxygen atoms in total. The Labute approximate surface area is 93.7 Å². The third-order valence-corrected chi connectivity index (χ3v) is 2.47. The van der Waals surface area contributed by atoms with Crippen molar-refractivity contribution in [2.24, 2.45) is 7.05 Å². The van der Waals surface area contributed by atoms with Gasteiger partial charge in [-0.3, -0.25) is 4.98 Å². The number of hydrogen-bond donors (Lipinski definition) is 1. The molecular weight excluding hydrogens is 210 g/mol. The molecule has 4 heteroatoms. The monoisotopic (exact) mass is 221 g/mol. The summed E-state index contributed by atoms with van der Waals surface area (Å²) in [6.45, 7) is 0.756. The normalized spacial score (nSPS) is 10.3. The first-order valence-corrected chi connectivity index (χ1v) is 5.08. The van der Waals surface area contributed by atoms with E-state index in [-0.39, 0.29) is 0 Å². The zero-order valence-corrected chi connectivity index (χ0v) is 9.20. The lowest BCUT2D eigenvalue weighted by molar-refractivity contribution is 0.920. The van der Waals surface area contributed by atoms with Crippen molar-refractivity contribution in [2.45, 2.75) is 6.54 Å². The maximum Gasteiger partial charge on any atom is 0.0718 e. The molecular formula is C11H12ClN3. The van der Waals surface area contributed by atoms with E-state index in [0.29, 0.717) is 5.02 Å². The van der Waals surface area contributed by atoms with Gasteiger partial charge in [0.2, 0.25) is 0 Å². The summed E-state index contributed by atoms with van der Waals surface area (Å²) in [7, 11) is 2.00. The van der Waals surface area contributed by atoms with E-state index < -0.39 is 0 Å². The van der Waals surface area contributed by atoms with Gasteiger partial charge in [0.25, 0.3) is 0 Å². The Hall–Kier alpha value is -1.48. The summed E-state index contributed by atoms with van der Waals surface area (Å²) in [4.78, 5) is 4.01. The molecule has 0 saturated heterocycles. The van der Waals surface area contributed by atoms with E-state index in [9.17, 15) is 0 Å². The SMILES string of the molecule is Cn1ccc(CNc2cnccc2Cl)c1. The topological polar surface area (TPSA) is 29.9 Å². The molecule has 0 amide bonds. The molecule has 0 saturated carbocycles. The molecule has 0 fully saturated rings. The second-order valence-electron chi connectivity index (χ2n) is 3.39. The number of pyridine rings is 1. The van der Waals surface area contributed by atoms with Crippen LogP contribution in [0.2, 0.25) is 5.02 Å². The molecule has 0 atom stereocenters. The van der Waals surface area contributed by atoms with Gasteiger partial charge in [0, 0.05) is 32.2 Å². The minimum absolute atomic E-state index is 0.695. The molecule has 2 rings (SSSR count). The molecule has 0 aromatic carbocycles. The second-order valence-corrected chi connectivity index (χ2v) is 3.80. The number of aryl methyl sites for hydroxylation is 1. The van der Waals surface area contributed by atoms with E-state index in [0.717, 1.165) is 12.2 Å². The average Bonchev–Trinajstić information content (AvgIpc) is 2.63. The van der Waals surface area contributed by atoms with Gasteiger partial charge in [-0.2, -0.15) is 0 Å². The van der Waals surface area contributed by atoms with Gasteiger partial charge in [-0.15, -0.1) is 0 Å². The summed E-state index contributed by atoms with van der Waals surface area (Å²) in [5.74, 6) is 0. The predicted octanol–water partition coefficient (Wildman–Crippen LogP) is 2.69. The Kier molecular flexibility index (Phi) is 2.92. The fourth-order valence-electron chi connectivity index (χ4n) is 1.37. The Morgan fingerprint density at radius 3 is 3.00 bits per heavy atom. The number of nitrogens with zero attached hydrogens (tertiary/aromatic N) is 2. The van der Waals surface area contributed by atoms with Crippen LogP contribution in [0.5, 0.6) is 0 Å². The van der Waals surface area contributed by atoms with Crippen molar-refractivity contribution in [3.05, 3.63) is 47.5 Å². The lowest BCUT2D eigenvalue weighted by Gasteiger charge is -2.05. The van der Waals surface area contributed by atoms with Crippen LogP contribution in [0.15, 0.2) is 36.9 Å². The van der Waals surface area contributed by atoms with E-state index >= 15 is 0 Å². The Morgan fingerprint density at radius 1 is 1.47 bits per heavy atom. The number of nitrogens with one attached hydrogen (secondary N) is 1. The third kappa shape index (κ3) is 2.50. The number of anilines is 1. The molecule has 0 aliphatic carbocycles. The highest BCUT2D eigenvalue weighted by molar-refractivity contribution is 6.33. The van der Waals surface area contributed by atoms with Crippen LogP contribution >= 0.6 is 11.6 Å². The molecule has 2 aromatic rings. The van der Waals surface area contributed by atoms with Gasteiger partial charge in [-0.05, 0) is 17.7 Å². The maximum absolute atomic E-state index is 5.99. The summed E-state index contributed by atoms with van der Waals surface area (Å²) >= 11 is 5.99. The molecule has 0 radical (unpaired) electrons. The highest BCUT2D eigenvalue weighted by atomic mass is 35.5. The van der Waals surface area contributed by atoms with Crippen LogP contribution in [0.25, 0.3) is 0 Å². The van der Waals surface area contributed by atoms with Crippen LogP contribution < -0.4 is 5.32 Å². The molecule has 1 N–H and O–H groups in total. The molecule has 15 heavy (non-hydrogen) atoms. The van der Waals surface area contributed by atoms with Crippen LogP contribution in [0.4, 0.5) is 5.69 Å². The highest BCUT2D eigenvalue weighted by Gasteiger charge is 1.99. The third-order valence-electron chi connectivity index (χ3n) is 2.14. The van der Waals surface area contributed by atoms with Crippen molar-refractivity contribution >= 4 is 17.3 Å². The smallest absolute Gasteiger partial charge is 0.0718 e. The minimum Gasteiger partial charge on any atom is -0.378 e. The number of halogens is 1. The molecule has 0 spiro atoms. The van der Waals surface area contributed by atoms with Crippen LogP contribution in [0, 0.1) is 0 Å². The zero-order valence-electron chi connectivity index (χ0n) is 8.44. The Balaban J connectivity index is 2.02. The summed E-state index contributed by atoms with van der Waals surface area (Å²) < 4.78 is 2.02. The van der Waals surface area contributed by atoms with Crippen molar-refractivity contribution in [3.8, 4) is 0 Å². The standard InChI is InChI=1S/C11H12ClN3/c1-15-5-3-9(8-15)6-14-11-7-13-4-2-10(11)12/h2-5,7-8,14H,6H2,1H3. The fraction of sp³-hybridized carbons (Fsp3) is 0.182. The summed E-state index contributed by atoms with van der Waals surface area (Å²) in [5.41, 5.74) is 2.08. The van der Waals surface area contributed by atoms with Crippen molar-refractivity contribution < 1.29 is 0 Å². The van der Waals surface area contributed by atoms with Crippen molar-refractivity contribution in [1.82, 2.24) is 9.55 Å². The number of rotatable bonds is 3. The van der Waals surface area contributed by atoms with Crippen LogP contribution in [0.1, 0.15) is 5.56 Å². The van der Waals surface area contributed by atoms with Crippen LogP contribution in [0.3, 0.4) is 0 Å². The molecule has 0 unspecified atom stereocenters. The van der Waals surface area contributed by atoms with Gasteiger partial charge in [-0.25, -0.2) is 0 Å². The largest absolute Gasteiger partial charge is 0.378 e. The van der Waals surface area contributed by atoms with Gasteiger partial charge < -0.3 is 9.88 Å². The van der Waals surface area contributed by atoms with Gasteiger partial charge in [-0.1, -0.05) is 11.6 Å². The first-order chi connectivity index (χ1) is 7.25. The second kappa shape index (κ2) is 4.36. The van der Waals surface area contributed by atoms with Gasteiger partial charge >= 0.3 is 0 Å². The van der Waals surface area contributed by atoms with E-state index in [1.54, 1.807) is 18.5 Å². The average molecular weight is 222 g/mol. The van der Waals surface area contributed by atoms with Gasteiger partial charge in [0.05, 0.1) is 16.9 Å². The lowest BCUT2D eigenvalue weighted by Crippen LogP contribution is -1.99. The highest BCUT2D eigenvalue weighted by Crippen LogP contribution is 2.19. The Morgan fingerprint density at radius 2 is 2.33 bits per heavy atom. The zero-order chi connectivity index (χ0) is 10.7. The van der Waals surface area contributed by atoms with E-state index in [1.807, 2.05) is 17.8 Å². The summed E-state index contributed by atoms with van der Waals surface area (Å²) in [6, 6.07) is 3.84. The molecule has 78 valence electrons. The fourth-order valence-corrected chi connectivity index (χ4v) is 1.54. The molecule has 2 aromatic heterocycles.